The van der Waals surface area contributed by atoms with Crippen LogP contribution in [0.4, 0.5) is 0 Å². The third-order valence-corrected chi connectivity index (χ3v) is 4.08. The molecule has 1 heterocycles. The van der Waals surface area contributed by atoms with Crippen LogP contribution in [0.15, 0.2) is 24.3 Å². The number of nitrogens with zero attached hydrogens (tertiary/aromatic N) is 1. The second-order valence-corrected chi connectivity index (χ2v) is 5.83. The molecule has 0 saturated carbocycles. The molecule has 128 valence electrons. The summed E-state index contributed by atoms with van der Waals surface area (Å²) in [5, 5.41) is 3.06. The minimum atomic E-state index is 0.0457. The fraction of sp³-hybridized carbons (Fsp3) is 0.611. The molecule has 1 saturated heterocycles. The van der Waals surface area contributed by atoms with Gasteiger partial charge in [0.1, 0.15) is 0 Å². The quantitative estimate of drug-likeness (QED) is 0.744. The number of benzene rings is 1. The van der Waals surface area contributed by atoms with Crippen molar-refractivity contribution < 1.29 is 14.3 Å². The van der Waals surface area contributed by atoms with Gasteiger partial charge in [0.2, 0.25) is 5.91 Å². The first kappa shape index (κ1) is 17.9. The van der Waals surface area contributed by atoms with Gasteiger partial charge in [-0.05, 0) is 19.4 Å². The lowest BCUT2D eigenvalue weighted by molar-refractivity contribution is -0.122. The van der Waals surface area contributed by atoms with Crippen molar-refractivity contribution in [2.45, 2.75) is 26.3 Å². The molecule has 1 aliphatic rings. The van der Waals surface area contributed by atoms with Crippen LogP contribution in [0.2, 0.25) is 0 Å². The number of hydrogen-bond acceptors (Lipinski definition) is 4. The fourth-order valence-electron chi connectivity index (χ4n) is 2.83. The highest BCUT2D eigenvalue weighted by molar-refractivity contribution is 5.76. The van der Waals surface area contributed by atoms with Crippen LogP contribution >= 0.6 is 0 Å². The van der Waals surface area contributed by atoms with E-state index in [0.717, 1.165) is 26.3 Å². The van der Waals surface area contributed by atoms with E-state index in [4.69, 9.17) is 9.47 Å². The third kappa shape index (κ3) is 5.94. The number of hydrogen-bond donors (Lipinski definition) is 1. The Morgan fingerprint density at radius 1 is 1.39 bits per heavy atom. The van der Waals surface area contributed by atoms with E-state index in [2.05, 4.69) is 41.4 Å². The first-order chi connectivity index (χ1) is 11.2. The van der Waals surface area contributed by atoms with Crippen molar-refractivity contribution >= 4 is 5.91 Å². The van der Waals surface area contributed by atoms with Crippen molar-refractivity contribution in [3.05, 3.63) is 35.4 Å². The van der Waals surface area contributed by atoms with Crippen LogP contribution in [0.3, 0.4) is 0 Å². The molecule has 1 fully saturated rings. The average Bonchev–Trinajstić information content (AvgIpc) is 2.56. The summed E-state index contributed by atoms with van der Waals surface area (Å²) in [6.07, 6.45) is 0.414. The largest absolute Gasteiger partial charge is 0.381 e. The standard InChI is InChI=1S/C18H28N2O3/c1-3-22-10-7-18(21)19-14-17(20-8-11-23-12-9-20)16-6-4-5-15(2)13-16/h4-6,13,17H,3,7-12,14H2,1-2H3,(H,19,21). The van der Waals surface area contributed by atoms with Gasteiger partial charge in [-0.15, -0.1) is 0 Å². The minimum Gasteiger partial charge on any atom is -0.381 e. The van der Waals surface area contributed by atoms with E-state index >= 15 is 0 Å². The van der Waals surface area contributed by atoms with Crippen LogP contribution in [0.25, 0.3) is 0 Å². The van der Waals surface area contributed by atoms with E-state index in [1.165, 1.54) is 11.1 Å². The lowest BCUT2D eigenvalue weighted by Gasteiger charge is -2.35. The van der Waals surface area contributed by atoms with Crippen LogP contribution in [-0.2, 0) is 14.3 Å². The molecule has 0 aliphatic carbocycles. The summed E-state index contributed by atoms with van der Waals surface area (Å²) in [5.74, 6) is 0.0457. The Bertz CT molecular complexity index is 487. The van der Waals surface area contributed by atoms with Crippen LogP contribution in [0.1, 0.15) is 30.5 Å². The highest BCUT2D eigenvalue weighted by Gasteiger charge is 2.23. The molecule has 2 rings (SSSR count). The summed E-state index contributed by atoms with van der Waals surface area (Å²) in [7, 11) is 0. The highest BCUT2D eigenvalue weighted by atomic mass is 16.5. The molecule has 1 atom stereocenters. The molecule has 1 unspecified atom stereocenters. The van der Waals surface area contributed by atoms with Gasteiger partial charge in [0.25, 0.3) is 0 Å². The summed E-state index contributed by atoms with van der Waals surface area (Å²) in [5.41, 5.74) is 2.49. The number of aryl methyl sites for hydroxylation is 1. The van der Waals surface area contributed by atoms with Crippen molar-refractivity contribution in [2.75, 3.05) is 46.1 Å². The van der Waals surface area contributed by atoms with Gasteiger partial charge in [-0.25, -0.2) is 0 Å². The number of carbonyl (C=O) groups is 1. The van der Waals surface area contributed by atoms with E-state index in [0.29, 0.717) is 26.2 Å². The Hall–Kier alpha value is -1.43. The fourth-order valence-corrected chi connectivity index (χ4v) is 2.83. The number of ether oxygens (including phenoxy) is 2. The van der Waals surface area contributed by atoms with Gasteiger partial charge in [0.15, 0.2) is 0 Å². The second kappa shape index (κ2) is 9.65. The van der Waals surface area contributed by atoms with Crippen molar-refractivity contribution in [1.29, 1.82) is 0 Å². The number of carbonyl (C=O) groups excluding carboxylic acids is 1. The molecule has 1 amide bonds. The lowest BCUT2D eigenvalue weighted by atomic mass is 10.0. The summed E-state index contributed by atoms with van der Waals surface area (Å²) in [6, 6.07) is 8.71. The summed E-state index contributed by atoms with van der Waals surface area (Å²) in [6.45, 7) is 9.07. The zero-order chi connectivity index (χ0) is 16.5. The number of rotatable bonds is 8. The van der Waals surface area contributed by atoms with Gasteiger partial charge in [-0.1, -0.05) is 29.8 Å². The monoisotopic (exact) mass is 320 g/mol. The van der Waals surface area contributed by atoms with E-state index in [9.17, 15) is 4.79 Å². The van der Waals surface area contributed by atoms with E-state index in [-0.39, 0.29) is 11.9 Å². The van der Waals surface area contributed by atoms with Gasteiger partial charge in [-0.2, -0.15) is 0 Å². The zero-order valence-electron chi connectivity index (χ0n) is 14.2. The van der Waals surface area contributed by atoms with Crippen LogP contribution in [0, 0.1) is 6.92 Å². The number of nitrogens with one attached hydrogen (secondary N) is 1. The van der Waals surface area contributed by atoms with Gasteiger partial charge in [0, 0.05) is 32.7 Å². The van der Waals surface area contributed by atoms with Crippen molar-refractivity contribution in [3.63, 3.8) is 0 Å². The molecule has 0 aromatic heterocycles. The lowest BCUT2D eigenvalue weighted by Crippen LogP contribution is -2.44. The molecule has 1 aromatic carbocycles. The average molecular weight is 320 g/mol. The molecule has 0 bridgehead atoms. The maximum Gasteiger partial charge on any atom is 0.222 e. The van der Waals surface area contributed by atoms with Crippen molar-refractivity contribution in [3.8, 4) is 0 Å². The number of morpholine rings is 1. The SMILES string of the molecule is CCOCCC(=O)NCC(c1cccc(C)c1)N1CCOCC1. The minimum absolute atomic E-state index is 0.0457. The van der Waals surface area contributed by atoms with E-state index in [1.54, 1.807) is 0 Å². The first-order valence-electron chi connectivity index (χ1n) is 8.43. The predicted molar refractivity (Wildman–Crippen MR) is 90.4 cm³/mol. The Morgan fingerprint density at radius 2 is 2.17 bits per heavy atom. The zero-order valence-corrected chi connectivity index (χ0v) is 14.2. The number of amides is 1. The Kier molecular flexibility index (Phi) is 7.52. The maximum atomic E-state index is 12.0. The summed E-state index contributed by atoms with van der Waals surface area (Å²) >= 11 is 0. The molecule has 0 spiro atoms. The van der Waals surface area contributed by atoms with Gasteiger partial charge in [-0.3, -0.25) is 9.69 Å². The molecule has 1 N–H and O–H groups in total. The smallest absolute Gasteiger partial charge is 0.222 e. The summed E-state index contributed by atoms with van der Waals surface area (Å²) in [4.78, 5) is 14.4. The first-order valence-corrected chi connectivity index (χ1v) is 8.43. The second-order valence-electron chi connectivity index (χ2n) is 5.83. The Balaban J connectivity index is 1.97. The normalized spacial score (nSPS) is 17.0. The molecule has 0 radical (unpaired) electrons. The predicted octanol–water partition coefficient (Wildman–Crippen LogP) is 1.91. The molecule has 5 heteroatoms. The van der Waals surface area contributed by atoms with E-state index in [1.807, 2.05) is 6.92 Å². The highest BCUT2D eigenvalue weighted by Crippen LogP contribution is 2.22. The molecule has 1 aromatic rings. The Morgan fingerprint density at radius 3 is 2.87 bits per heavy atom. The molecular weight excluding hydrogens is 292 g/mol. The maximum absolute atomic E-state index is 12.0. The van der Waals surface area contributed by atoms with Crippen LogP contribution in [0.5, 0.6) is 0 Å². The topological polar surface area (TPSA) is 50.8 Å². The molecule has 1 aliphatic heterocycles. The summed E-state index contributed by atoms with van der Waals surface area (Å²) < 4.78 is 10.7. The van der Waals surface area contributed by atoms with E-state index < -0.39 is 0 Å². The van der Waals surface area contributed by atoms with Crippen LogP contribution < -0.4 is 5.32 Å². The third-order valence-electron chi connectivity index (χ3n) is 4.08. The molecule has 23 heavy (non-hydrogen) atoms. The van der Waals surface area contributed by atoms with Crippen molar-refractivity contribution in [1.82, 2.24) is 10.2 Å². The van der Waals surface area contributed by atoms with Gasteiger partial charge >= 0.3 is 0 Å². The molecular formula is C18H28N2O3. The molecule has 5 nitrogen and oxygen atoms in total. The van der Waals surface area contributed by atoms with Gasteiger partial charge < -0.3 is 14.8 Å². The van der Waals surface area contributed by atoms with Gasteiger partial charge in [0.05, 0.1) is 25.9 Å². The van der Waals surface area contributed by atoms with Crippen molar-refractivity contribution in [2.24, 2.45) is 0 Å². The van der Waals surface area contributed by atoms with Crippen LogP contribution in [-0.4, -0.2) is 56.9 Å². The Labute approximate surface area is 139 Å².